The number of nitro benzene ring substituents is 1. The van der Waals surface area contributed by atoms with Gasteiger partial charge < -0.3 is 15.2 Å². The van der Waals surface area contributed by atoms with Crippen LogP contribution in [0.15, 0.2) is 36.4 Å². The Balaban J connectivity index is 1.95. The smallest absolute Gasteiger partial charge is 0.337 e. The van der Waals surface area contributed by atoms with Crippen LogP contribution in [0.3, 0.4) is 0 Å². The number of non-ortho nitro benzene ring substituents is 1. The van der Waals surface area contributed by atoms with Crippen molar-refractivity contribution >= 4 is 63.8 Å². The number of rotatable bonds is 6. The predicted octanol–water partition coefficient (Wildman–Crippen LogP) is 3.49. The number of thiocarbonyl (C=S) groups is 1. The Morgan fingerprint density at radius 3 is 2.43 bits per heavy atom. The summed E-state index contributed by atoms with van der Waals surface area (Å²) in [5.41, 5.74) is -0.368. The van der Waals surface area contributed by atoms with Crippen molar-refractivity contribution in [1.29, 1.82) is 0 Å². The van der Waals surface area contributed by atoms with Crippen LogP contribution in [0.1, 0.15) is 10.4 Å². The molecule has 0 aliphatic heterocycles. The van der Waals surface area contributed by atoms with Crippen molar-refractivity contribution in [2.75, 3.05) is 11.9 Å². The molecule has 2 rings (SSSR count). The van der Waals surface area contributed by atoms with Gasteiger partial charge in [0.2, 0.25) is 0 Å². The van der Waals surface area contributed by atoms with Crippen molar-refractivity contribution in [3.05, 3.63) is 62.1 Å². The number of carboxylic acid groups (broad SMARTS) is 1. The van der Waals surface area contributed by atoms with Crippen LogP contribution in [0.4, 0.5) is 11.4 Å². The molecule has 146 valence electrons. The second-order valence-corrected chi connectivity index (χ2v) is 6.41. The molecule has 0 heterocycles. The fourth-order valence-corrected chi connectivity index (χ4v) is 2.75. The molecule has 28 heavy (non-hydrogen) atoms. The molecule has 2 aromatic rings. The van der Waals surface area contributed by atoms with Gasteiger partial charge in [0.25, 0.3) is 11.6 Å². The van der Waals surface area contributed by atoms with Crippen LogP contribution in [0.25, 0.3) is 0 Å². The minimum atomic E-state index is -1.29. The minimum Gasteiger partial charge on any atom is -0.484 e. The van der Waals surface area contributed by atoms with Crippen LogP contribution in [0.2, 0.25) is 10.0 Å². The Bertz CT molecular complexity index is 952. The standard InChI is InChI=1S/C16H11Cl2N3O6S/c17-8-5-11(15(23)24)14(12(18)6-8)20-16(28)19-13(22)7-27-10-3-1-9(2-4-10)21(25)26/h1-6H,7H2,(H,23,24)(H2,19,20,22,28). The molecule has 0 fully saturated rings. The summed E-state index contributed by atoms with van der Waals surface area (Å²) >= 11 is 16.7. The molecule has 0 aliphatic carbocycles. The summed E-state index contributed by atoms with van der Waals surface area (Å²) in [4.78, 5) is 33.2. The fraction of sp³-hybridized carbons (Fsp3) is 0.0625. The number of amides is 1. The van der Waals surface area contributed by atoms with Crippen molar-refractivity contribution in [3.63, 3.8) is 0 Å². The molecule has 9 nitrogen and oxygen atoms in total. The molecule has 2 aromatic carbocycles. The van der Waals surface area contributed by atoms with E-state index in [4.69, 9.17) is 40.2 Å². The third-order valence-electron chi connectivity index (χ3n) is 3.19. The number of nitrogens with zero attached hydrogens (tertiary/aromatic N) is 1. The second kappa shape index (κ2) is 9.31. The summed E-state index contributed by atoms with van der Waals surface area (Å²) in [5.74, 6) is -1.69. The lowest BCUT2D eigenvalue weighted by Gasteiger charge is -2.14. The molecule has 1 amide bonds. The molecule has 0 radical (unpaired) electrons. The zero-order valence-corrected chi connectivity index (χ0v) is 16.1. The first-order chi connectivity index (χ1) is 13.2. The van der Waals surface area contributed by atoms with E-state index in [9.17, 15) is 24.8 Å². The largest absolute Gasteiger partial charge is 0.484 e. The maximum Gasteiger partial charge on any atom is 0.337 e. The maximum absolute atomic E-state index is 11.9. The van der Waals surface area contributed by atoms with Gasteiger partial charge in [0.05, 0.1) is 21.2 Å². The first kappa shape index (κ1) is 21.4. The molecule has 0 saturated carbocycles. The third kappa shape index (κ3) is 5.78. The molecule has 0 aromatic heterocycles. The van der Waals surface area contributed by atoms with Crippen molar-refractivity contribution in [1.82, 2.24) is 5.32 Å². The summed E-state index contributed by atoms with van der Waals surface area (Å²) in [6.45, 7) is -0.431. The number of aromatic carboxylic acids is 1. The highest BCUT2D eigenvalue weighted by molar-refractivity contribution is 7.80. The lowest BCUT2D eigenvalue weighted by molar-refractivity contribution is -0.384. The molecular formula is C16H11Cl2N3O6S. The SMILES string of the molecule is O=C(COc1ccc([N+](=O)[O-])cc1)NC(=S)Nc1c(Cl)cc(Cl)cc1C(=O)O. The highest BCUT2D eigenvalue weighted by Crippen LogP contribution is 2.30. The Hall–Kier alpha value is -2.95. The number of carbonyl (C=O) groups is 2. The van der Waals surface area contributed by atoms with E-state index < -0.39 is 23.4 Å². The van der Waals surface area contributed by atoms with Crippen molar-refractivity contribution in [3.8, 4) is 5.75 Å². The zero-order chi connectivity index (χ0) is 20.8. The Morgan fingerprint density at radius 1 is 1.21 bits per heavy atom. The molecule has 0 aliphatic rings. The number of ether oxygens (including phenoxy) is 1. The quantitative estimate of drug-likeness (QED) is 0.351. The number of nitrogens with one attached hydrogen (secondary N) is 2. The van der Waals surface area contributed by atoms with Gasteiger partial charge in [0, 0.05) is 17.2 Å². The highest BCUT2D eigenvalue weighted by Gasteiger charge is 2.17. The van der Waals surface area contributed by atoms with Crippen LogP contribution in [-0.2, 0) is 4.79 Å². The molecule has 0 unspecified atom stereocenters. The van der Waals surface area contributed by atoms with E-state index in [2.05, 4.69) is 10.6 Å². The number of carbonyl (C=O) groups excluding carboxylic acids is 1. The number of hydrogen-bond donors (Lipinski definition) is 3. The van der Waals surface area contributed by atoms with Crippen LogP contribution in [-0.4, -0.2) is 33.6 Å². The summed E-state index contributed by atoms with van der Waals surface area (Å²) in [5, 5.41) is 24.6. The number of nitro groups is 1. The van der Waals surface area contributed by atoms with E-state index in [-0.39, 0.29) is 37.8 Å². The molecule has 0 atom stereocenters. The van der Waals surface area contributed by atoms with Crippen LogP contribution in [0.5, 0.6) is 5.75 Å². The van der Waals surface area contributed by atoms with Crippen LogP contribution in [0, 0.1) is 10.1 Å². The van der Waals surface area contributed by atoms with Crippen molar-refractivity contribution in [2.24, 2.45) is 0 Å². The van der Waals surface area contributed by atoms with Crippen LogP contribution >= 0.6 is 35.4 Å². The number of halogens is 2. The normalized spacial score (nSPS) is 10.1. The Kier molecular flexibility index (Phi) is 7.10. The topological polar surface area (TPSA) is 131 Å². The number of hydrogen-bond acceptors (Lipinski definition) is 6. The van der Waals surface area contributed by atoms with E-state index in [0.717, 1.165) is 0 Å². The van der Waals surface area contributed by atoms with E-state index in [0.29, 0.717) is 0 Å². The number of carboxylic acids is 1. The Labute approximate surface area is 173 Å². The van der Waals surface area contributed by atoms with E-state index >= 15 is 0 Å². The monoisotopic (exact) mass is 443 g/mol. The zero-order valence-electron chi connectivity index (χ0n) is 13.8. The fourth-order valence-electron chi connectivity index (χ4n) is 1.99. The molecule has 12 heteroatoms. The van der Waals surface area contributed by atoms with Gasteiger partial charge in [-0.1, -0.05) is 23.2 Å². The van der Waals surface area contributed by atoms with E-state index in [1.54, 1.807) is 0 Å². The van der Waals surface area contributed by atoms with Gasteiger partial charge in [-0.15, -0.1) is 0 Å². The van der Waals surface area contributed by atoms with E-state index in [1.807, 2.05) is 0 Å². The predicted molar refractivity (Wildman–Crippen MR) is 106 cm³/mol. The average molecular weight is 444 g/mol. The van der Waals surface area contributed by atoms with Crippen LogP contribution < -0.4 is 15.4 Å². The average Bonchev–Trinajstić information content (AvgIpc) is 2.62. The summed E-state index contributed by atoms with van der Waals surface area (Å²) in [7, 11) is 0. The van der Waals surface area contributed by atoms with Gasteiger partial charge in [0.1, 0.15) is 5.75 Å². The summed E-state index contributed by atoms with van der Waals surface area (Å²) in [6.07, 6.45) is 0. The van der Waals surface area contributed by atoms with E-state index in [1.165, 1.54) is 36.4 Å². The molecule has 3 N–H and O–H groups in total. The summed E-state index contributed by atoms with van der Waals surface area (Å²) < 4.78 is 5.20. The van der Waals surface area contributed by atoms with Gasteiger partial charge in [-0.3, -0.25) is 20.2 Å². The molecule has 0 spiro atoms. The Morgan fingerprint density at radius 2 is 1.86 bits per heavy atom. The molecular weight excluding hydrogens is 433 g/mol. The van der Waals surface area contributed by atoms with Gasteiger partial charge in [-0.2, -0.15) is 0 Å². The molecule has 0 bridgehead atoms. The second-order valence-electron chi connectivity index (χ2n) is 5.16. The highest BCUT2D eigenvalue weighted by atomic mass is 35.5. The van der Waals surface area contributed by atoms with Gasteiger partial charge >= 0.3 is 5.97 Å². The number of benzene rings is 2. The van der Waals surface area contributed by atoms with Crippen molar-refractivity contribution < 1.29 is 24.4 Å². The number of anilines is 1. The first-order valence-electron chi connectivity index (χ1n) is 7.38. The maximum atomic E-state index is 11.9. The van der Waals surface area contributed by atoms with Gasteiger partial charge in [-0.05, 0) is 36.5 Å². The lowest BCUT2D eigenvalue weighted by atomic mass is 10.2. The lowest BCUT2D eigenvalue weighted by Crippen LogP contribution is -2.37. The van der Waals surface area contributed by atoms with Gasteiger partial charge in [0.15, 0.2) is 11.7 Å². The van der Waals surface area contributed by atoms with Gasteiger partial charge in [-0.25, -0.2) is 4.79 Å². The van der Waals surface area contributed by atoms with Crippen molar-refractivity contribution in [2.45, 2.75) is 0 Å². The third-order valence-corrected chi connectivity index (χ3v) is 3.91. The first-order valence-corrected chi connectivity index (χ1v) is 8.54. The minimum absolute atomic E-state index is 0.00336. The molecule has 0 saturated heterocycles. The summed E-state index contributed by atoms with van der Waals surface area (Å²) in [6, 6.07) is 7.65.